The van der Waals surface area contributed by atoms with Crippen LogP contribution in [0, 0.1) is 13.8 Å². The van der Waals surface area contributed by atoms with Gasteiger partial charge in [0.1, 0.15) is 23.8 Å². The van der Waals surface area contributed by atoms with Crippen molar-refractivity contribution < 1.29 is 18.7 Å². The van der Waals surface area contributed by atoms with E-state index in [-0.39, 0.29) is 24.3 Å². The van der Waals surface area contributed by atoms with E-state index >= 15 is 0 Å². The van der Waals surface area contributed by atoms with Crippen LogP contribution in [0.1, 0.15) is 34.2 Å². The van der Waals surface area contributed by atoms with Crippen LogP contribution < -0.4 is 15.4 Å². The second-order valence-corrected chi connectivity index (χ2v) is 7.33. The fraction of sp³-hybridized carbons (Fsp3) is 0.200. The van der Waals surface area contributed by atoms with Crippen molar-refractivity contribution in [1.29, 1.82) is 0 Å². The Labute approximate surface area is 181 Å². The largest absolute Gasteiger partial charge is 0.491 e. The minimum absolute atomic E-state index is 0.0850. The third-order valence-electron chi connectivity index (χ3n) is 4.71. The smallest absolute Gasteiger partial charge is 0.268 e. The van der Waals surface area contributed by atoms with Crippen LogP contribution >= 0.6 is 0 Å². The molecule has 0 unspecified atom stereocenters. The van der Waals surface area contributed by atoms with Crippen LogP contribution in [-0.2, 0) is 4.79 Å². The number of amides is 2. The van der Waals surface area contributed by atoms with E-state index < -0.39 is 5.91 Å². The third kappa shape index (κ3) is 6.34. The number of rotatable bonds is 8. The predicted octanol–water partition coefficient (Wildman–Crippen LogP) is 4.25. The highest BCUT2D eigenvalue weighted by atomic mass is 16.5. The van der Waals surface area contributed by atoms with Gasteiger partial charge in [0.05, 0.1) is 12.3 Å². The molecule has 0 aliphatic heterocycles. The van der Waals surface area contributed by atoms with Crippen LogP contribution in [0.5, 0.6) is 5.75 Å². The van der Waals surface area contributed by atoms with Gasteiger partial charge >= 0.3 is 0 Å². The summed E-state index contributed by atoms with van der Waals surface area (Å²) in [6.07, 6.45) is 2.99. The van der Waals surface area contributed by atoms with Crippen molar-refractivity contribution in [2.24, 2.45) is 0 Å². The van der Waals surface area contributed by atoms with Crippen LogP contribution in [0.2, 0.25) is 0 Å². The van der Waals surface area contributed by atoms with Gasteiger partial charge in [0.2, 0.25) is 0 Å². The zero-order valence-corrected chi connectivity index (χ0v) is 17.8. The Kier molecular flexibility index (Phi) is 7.27. The van der Waals surface area contributed by atoms with Crippen molar-refractivity contribution >= 4 is 17.9 Å². The molecular formula is C25H26N2O4. The number of hydrogen-bond donors (Lipinski definition) is 2. The molecule has 0 saturated heterocycles. The summed E-state index contributed by atoms with van der Waals surface area (Å²) in [6.45, 7) is 6.19. The molecular weight excluding hydrogens is 392 g/mol. The van der Waals surface area contributed by atoms with E-state index in [0.29, 0.717) is 11.3 Å². The lowest BCUT2D eigenvalue weighted by atomic mass is 10.1. The molecule has 1 heterocycles. The van der Waals surface area contributed by atoms with E-state index in [1.54, 1.807) is 36.4 Å². The summed E-state index contributed by atoms with van der Waals surface area (Å²) in [5, 5.41) is 5.53. The number of nitrogens with one attached hydrogen (secondary N) is 2. The Balaban J connectivity index is 1.66. The highest BCUT2D eigenvalue weighted by Gasteiger charge is 2.17. The van der Waals surface area contributed by atoms with Crippen molar-refractivity contribution in [3.8, 4) is 5.75 Å². The average Bonchev–Trinajstić information content (AvgIpc) is 3.28. The van der Waals surface area contributed by atoms with E-state index in [0.717, 1.165) is 11.3 Å². The van der Waals surface area contributed by atoms with E-state index in [4.69, 9.17) is 9.15 Å². The van der Waals surface area contributed by atoms with Crippen molar-refractivity contribution in [1.82, 2.24) is 10.6 Å². The Morgan fingerprint density at radius 3 is 2.48 bits per heavy atom. The summed E-state index contributed by atoms with van der Waals surface area (Å²) in [4.78, 5) is 25.4. The Bertz CT molecular complexity index is 1060. The first-order valence-electron chi connectivity index (χ1n) is 10.0. The molecule has 0 fully saturated rings. The normalized spacial score (nSPS) is 12.2. The lowest BCUT2D eigenvalue weighted by Crippen LogP contribution is -2.41. The third-order valence-corrected chi connectivity index (χ3v) is 4.71. The number of ether oxygens (including phenoxy) is 1. The molecule has 3 aromatic rings. The molecule has 31 heavy (non-hydrogen) atoms. The lowest BCUT2D eigenvalue weighted by Gasteiger charge is -2.17. The Morgan fingerprint density at radius 2 is 1.81 bits per heavy atom. The van der Waals surface area contributed by atoms with E-state index in [1.807, 2.05) is 45.0 Å². The van der Waals surface area contributed by atoms with Crippen molar-refractivity contribution in [3.05, 3.63) is 95.1 Å². The predicted molar refractivity (Wildman–Crippen MR) is 120 cm³/mol. The van der Waals surface area contributed by atoms with E-state index in [9.17, 15) is 9.59 Å². The van der Waals surface area contributed by atoms with Gasteiger partial charge in [-0.3, -0.25) is 9.59 Å². The molecule has 2 aromatic carbocycles. The molecule has 2 amide bonds. The number of furan rings is 1. The number of aryl methyl sites for hydroxylation is 2. The molecule has 6 heteroatoms. The standard InChI is InChI=1S/C25H26N2O4/c1-17-11-12-22(14-18(17)2)31-16-19(3)26-25(29)23(15-21-10-7-13-30-21)27-24(28)20-8-5-4-6-9-20/h4-15,19H,16H2,1-3H3,(H,26,29)(H,27,28)/b23-15-/t19-/m0/s1. The highest BCUT2D eigenvalue weighted by Crippen LogP contribution is 2.16. The molecule has 1 aromatic heterocycles. The summed E-state index contributed by atoms with van der Waals surface area (Å²) in [5.41, 5.74) is 2.87. The molecule has 0 saturated carbocycles. The second-order valence-electron chi connectivity index (χ2n) is 7.33. The van der Waals surface area contributed by atoms with Crippen LogP contribution in [0.15, 0.2) is 77.0 Å². The highest BCUT2D eigenvalue weighted by molar-refractivity contribution is 6.05. The van der Waals surface area contributed by atoms with E-state index in [1.165, 1.54) is 17.9 Å². The quantitative estimate of drug-likeness (QED) is 0.536. The number of benzene rings is 2. The maximum absolute atomic E-state index is 12.9. The summed E-state index contributed by atoms with van der Waals surface area (Å²) in [7, 11) is 0. The minimum atomic E-state index is -0.433. The first-order valence-corrected chi connectivity index (χ1v) is 10.0. The monoisotopic (exact) mass is 418 g/mol. The van der Waals surface area contributed by atoms with Crippen LogP contribution in [0.3, 0.4) is 0 Å². The van der Waals surface area contributed by atoms with Crippen molar-refractivity contribution in [3.63, 3.8) is 0 Å². The molecule has 0 spiro atoms. The van der Waals surface area contributed by atoms with Gasteiger partial charge in [0, 0.05) is 11.6 Å². The Hall–Kier alpha value is -3.80. The average molecular weight is 418 g/mol. The fourth-order valence-corrected chi connectivity index (χ4v) is 2.83. The van der Waals surface area contributed by atoms with Gasteiger partial charge in [-0.25, -0.2) is 0 Å². The number of carbonyl (C=O) groups is 2. The molecule has 160 valence electrons. The number of hydrogen-bond acceptors (Lipinski definition) is 4. The van der Waals surface area contributed by atoms with Gasteiger partial charge in [0.15, 0.2) is 0 Å². The number of carbonyl (C=O) groups excluding carboxylic acids is 2. The summed E-state index contributed by atoms with van der Waals surface area (Å²) >= 11 is 0. The maximum Gasteiger partial charge on any atom is 0.268 e. The first-order chi connectivity index (χ1) is 14.9. The Morgan fingerprint density at radius 1 is 1.03 bits per heavy atom. The van der Waals surface area contributed by atoms with Gasteiger partial charge in [-0.05, 0) is 68.3 Å². The van der Waals surface area contributed by atoms with Gasteiger partial charge in [0.25, 0.3) is 11.8 Å². The molecule has 2 N–H and O–H groups in total. The molecule has 0 radical (unpaired) electrons. The van der Waals surface area contributed by atoms with Gasteiger partial charge in [-0.15, -0.1) is 0 Å². The lowest BCUT2D eigenvalue weighted by molar-refractivity contribution is -0.118. The first kappa shape index (κ1) is 21.9. The van der Waals surface area contributed by atoms with E-state index in [2.05, 4.69) is 10.6 Å². The molecule has 0 aliphatic rings. The van der Waals surface area contributed by atoms with Crippen LogP contribution in [0.4, 0.5) is 0 Å². The molecule has 6 nitrogen and oxygen atoms in total. The molecule has 0 bridgehead atoms. The van der Waals surface area contributed by atoms with Gasteiger partial charge in [-0.2, -0.15) is 0 Å². The van der Waals surface area contributed by atoms with Crippen LogP contribution in [0.25, 0.3) is 6.08 Å². The van der Waals surface area contributed by atoms with Crippen molar-refractivity contribution in [2.75, 3.05) is 6.61 Å². The van der Waals surface area contributed by atoms with Crippen molar-refractivity contribution in [2.45, 2.75) is 26.8 Å². The van der Waals surface area contributed by atoms with Gasteiger partial charge in [-0.1, -0.05) is 24.3 Å². The molecule has 1 atom stereocenters. The molecule has 0 aliphatic carbocycles. The molecule has 3 rings (SSSR count). The van der Waals surface area contributed by atoms with Crippen LogP contribution in [-0.4, -0.2) is 24.5 Å². The SMILES string of the molecule is Cc1ccc(OC[C@H](C)NC(=O)/C(=C/c2ccco2)NC(=O)c2ccccc2)cc1C. The summed E-state index contributed by atoms with van der Waals surface area (Å²) < 4.78 is 11.1. The van der Waals surface area contributed by atoms with Gasteiger partial charge < -0.3 is 19.8 Å². The maximum atomic E-state index is 12.9. The summed E-state index contributed by atoms with van der Waals surface area (Å²) in [5.74, 6) is 0.384. The second kappa shape index (κ2) is 10.3. The zero-order valence-electron chi connectivity index (χ0n) is 17.8. The minimum Gasteiger partial charge on any atom is -0.491 e. The topological polar surface area (TPSA) is 80.6 Å². The summed E-state index contributed by atoms with van der Waals surface area (Å²) in [6, 6.07) is 17.7. The fourth-order valence-electron chi connectivity index (χ4n) is 2.83. The zero-order chi connectivity index (χ0) is 22.2.